The zero-order chi connectivity index (χ0) is 18.1. The quantitative estimate of drug-likeness (QED) is 0.640. The third-order valence-corrected chi connectivity index (χ3v) is 3.26. The minimum absolute atomic E-state index is 0.0940. The van der Waals surface area contributed by atoms with E-state index in [1.807, 2.05) is 0 Å². The molecule has 0 spiro atoms. The van der Waals surface area contributed by atoms with Crippen molar-refractivity contribution < 1.29 is 31.5 Å². The van der Waals surface area contributed by atoms with E-state index in [0.717, 1.165) is 25.3 Å². The fourth-order valence-corrected chi connectivity index (χ4v) is 2.10. The molecule has 0 aliphatic carbocycles. The van der Waals surface area contributed by atoms with Gasteiger partial charge in [-0.05, 0) is 36.8 Å². The normalized spacial score (nSPS) is 11.3. The van der Waals surface area contributed by atoms with Gasteiger partial charge in [-0.15, -0.1) is 0 Å². The number of hydrogen-bond donors (Lipinski definition) is 1. The van der Waals surface area contributed by atoms with E-state index in [2.05, 4.69) is 10.1 Å². The minimum atomic E-state index is -4.65. The van der Waals surface area contributed by atoms with E-state index in [0.29, 0.717) is 12.1 Å². The molecule has 0 aliphatic heterocycles. The summed E-state index contributed by atoms with van der Waals surface area (Å²) < 4.78 is 69.8. The summed E-state index contributed by atoms with van der Waals surface area (Å²) in [7, 11) is 1.01. The Kier molecular flexibility index (Phi) is 4.77. The van der Waals surface area contributed by atoms with Gasteiger partial charge in [0.1, 0.15) is 11.6 Å². The number of rotatable bonds is 3. The molecule has 3 nitrogen and oxygen atoms in total. The van der Waals surface area contributed by atoms with Crippen LogP contribution in [0.15, 0.2) is 30.3 Å². The predicted octanol–water partition coefficient (Wildman–Crippen LogP) is 4.82. The lowest BCUT2D eigenvalue weighted by Crippen LogP contribution is -2.11. The van der Waals surface area contributed by atoms with Crippen LogP contribution in [0.3, 0.4) is 0 Å². The molecular weight excluding hydrogens is 333 g/mol. The topological polar surface area (TPSA) is 38.3 Å². The van der Waals surface area contributed by atoms with Gasteiger partial charge < -0.3 is 10.1 Å². The van der Waals surface area contributed by atoms with E-state index in [4.69, 9.17) is 0 Å². The lowest BCUT2D eigenvalue weighted by Gasteiger charge is -2.16. The van der Waals surface area contributed by atoms with Crippen LogP contribution in [0.2, 0.25) is 0 Å². The number of carbonyl (C=O) groups is 1. The molecule has 0 unspecified atom stereocenters. The van der Waals surface area contributed by atoms with Gasteiger partial charge in [0, 0.05) is 6.07 Å². The van der Waals surface area contributed by atoms with Gasteiger partial charge in [-0.25, -0.2) is 13.6 Å². The highest BCUT2D eigenvalue weighted by atomic mass is 19.4. The highest BCUT2D eigenvalue weighted by Gasteiger charge is 2.32. The SMILES string of the molecule is COC(=O)c1cc(C(F)(F)F)ccc1Nc1c(C)cc(F)cc1F. The van der Waals surface area contributed by atoms with Gasteiger partial charge >= 0.3 is 12.1 Å². The molecule has 2 rings (SSSR count). The van der Waals surface area contributed by atoms with E-state index in [1.54, 1.807) is 0 Å². The molecule has 2 aromatic rings. The summed E-state index contributed by atoms with van der Waals surface area (Å²) in [6, 6.07) is 4.00. The zero-order valence-electron chi connectivity index (χ0n) is 12.6. The molecule has 0 fully saturated rings. The van der Waals surface area contributed by atoms with Crippen LogP contribution in [0.5, 0.6) is 0 Å². The number of nitrogens with one attached hydrogen (secondary N) is 1. The molecular formula is C16H12F5NO2. The van der Waals surface area contributed by atoms with Gasteiger partial charge in [0.25, 0.3) is 0 Å². The number of esters is 1. The van der Waals surface area contributed by atoms with Crippen molar-refractivity contribution >= 4 is 17.3 Å². The van der Waals surface area contributed by atoms with Gasteiger partial charge in [0.2, 0.25) is 0 Å². The molecule has 0 saturated carbocycles. The second-order valence-electron chi connectivity index (χ2n) is 4.95. The number of alkyl halides is 3. The number of methoxy groups -OCH3 is 1. The summed E-state index contributed by atoms with van der Waals surface area (Å²) in [5.74, 6) is -2.76. The van der Waals surface area contributed by atoms with Gasteiger partial charge in [0.05, 0.1) is 29.6 Å². The van der Waals surface area contributed by atoms with Gasteiger partial charge in [-0.2, -0.15) is 13.2 Å². The number of hydrogen-bond acceptors (Lipinski definition) is 3. The minimum Gasteiger partial charge on any atom is -0.465 e. The summed E-state index contributed by atoms with van der Waals surface area (Å²) in [6.45, 7) is 1.41. The molecule has 0 bridgehead atoms. The Labute approximate surface area is 134 Å². The Bertz CT molecular complexity index is 764. The first-order chi connectivity index (χ1) is 11.1. The van der Waals surface area contributed by atoms with Crippen LogP contribution < -0.4 is 5.32 Å². The van der Waals surface area contributed by atoms with Crippen molar-refractivity contribution in [3.63, 3.8) is 0 Å². The third kappa shape index (κ3) is 3.64. The maximum atomic E-state index is 13.9. The van der Waals surface area contributed by atoms with E-state index >= 15 is 0 Å². The molecule has 0 heterocycles. The molecule has 0 aliphatic rings. The summed E-state index contributed by atoms with van der Waals surface area (Å²) in [5, 5.41) is 2.52. The summed E-state index contributed by atoms with van der Waals surface area (Å²) in [5.41, 5.74) is -1.53. The lowest BCUT2D eigenvalue weighted by atomic mass is 10.1. The van der Waals surface area contributed by atoms with Crippen molar-refractivity contribution in [3.05, 3.63) is 58.7 Å². The van der Waals surface area contributed by atoms with Crippen LogP contribution in [0, 0.1) is 18.6 Å². The third-order valence-electron chi connectivity index (χ3n) is 3.26. The molecule has 24 heavy (non-hydrogen) atoms. The molecule has 0 saturated heterocycles. The van der Waals surface area contributed by atoms with Crippen molar-refractivity contribution in [1.82, 2.24) is 0 Å². The standard InChI is InChI=1S/C16H12F5NO2/c1-8-5-10(17)7-12(18)14(8)22-13-4-3-9(16(19,20)21)6-11(13)15(23)24-2/h3-7,22H,1-2H3. The molecule has 0 atom stereocenters. The highest BCUT2D eigenvalue weighted by Crippen LogP contribution is 2.34. The van der Waals surface area contributed by atoms with Crippen molar-refractivity contribution in [2.75, 3.05) is 12.4 Å². The second kappa shape index (κ2) is 6.46. The second-order valence-corrected chi connectivity index (χ2v) is 4.95. The van der Waals surface area contributed by atoms with Gasteiger partial charge in [0.15, 0.2) is 0 Å². The van der Waals surface area contributed by atoms with Crippen molar-refractivity contribution in [3.8, 4) is 0 Å². The molecule has 2 aromatic carbocycles. The smallest absolute Gasteiger partial charge is 0.416 e. The van der Waals surface area contributed by atoms with E-state index < -0.39 is 34.9 Å². The van der Waals surface area contributed by atoms with Crippen LogP contribution in [-0.4, -0.2) is 13.1 Å². The van der Waals surface area contributed by atoms with Crippen LogP contribution >= 0.6 is 0 Å². The number of aryl methyl sites for hydroxylation is 1. The Morgan fingerprint density at radius 1 is 1.12 bits per heavy atom. The maximum Gasteiger partial charge on any atom is 0.416 e. The molecule has 0 aromatic heterocycles. The first kappa shape index (κ1) is 17.7. The summed E-state index contributed by atoms with van der Waals surface area (Å²) >= 11 is 0. The average Bonchev–Trinajstić information content (AvgIpc) is 2.49. The summed E-state index contributed by atoms with van der Waals surface area (Å²) in [6.07, 6.45) is -4.65. The maximum absolute atomic E-state index is 13.9. The van der Waals surface area contributed by atoms with Crippen molar-refractivity contribution in [2.45, 2.75) is 13.1 Å². The fourth-order valence-electron chi connectivity index (χ4n) is 2.10. The fraction of sp³-hybridized carbons (Fsp3) is 0.188. The summed E-state index contributed by atoms with van der Waals surface area (Å²) in [4.78, 5) is 11.7. The lowest BCUT2D eigenvalue weighted by molar-refractivity contribution is -0.137. The van der Waals surface area contributed by atoms with Crippen molar-refractivity contribution in [2.24, 2.45) is 0 Å². The molecule has 1 N–H and O–H groups in total. The Hall–Kier alpha value is -2.64. The predicted molar refractivity (Wildman–Crippen MR) is 77.2 cm³/mol. The number of carbonyl (C=O) groups excluding carboxylic acids is 1. The number of anilines is 2. The Morgan fingerprint density at radius 3 is 2.33 bits per heavy atom. The first-order valence-electron chi connectivity index (χ1n) is 6.65. The van der Waals surface area contributed by atoms with Crippen LogP contribution in [-0.2, 0) is 10.9 Å². The van der Waals surface area contributed by atoms with E-state index in [-0.39, 0.29) is 16.9 Å². The number of ether oxygens (including phenoxy) is 1. The number of benzene rings is 2. The highest BCUT2D eigenvalue weighted by molar-refractivity contribution is 5.97. The first-order valence-corrected chi connectivity index (χ1v) is 6.65. The molecule has 0 amide bonds. The van der Waals surface area contributed by atoms with Crippen LogP contribution in [0.25, 0.3) is 0 Å². The van der Waals surface area contributed by atoms with Crippen LogP contribution in [0.1, 0.15) is 21.5 Å². The van der Waals surface area contributed by atoms with Gasteiger partial charge in [-0.1, -0.05) is 0 Å². The average molecular weight is 345 g/mol. The van der Waals surface area contributed by atoms with Gasteiger partial charge in [-0.3, -0.25) is 0 Å². The molecule has 8 heteroatoms. The van der Waals surface area contributed by atoms with E-state index in [9.17, 15) is 26.7 Å². The Morgan fingerprint density at radius 2 is 1.79 bits per heavy atom. The number of halogens is 5. The monoisotopic (exact) mass is 345 g/mol. The molecule has 128 valence electrons. The van der Waals surface area contributed by atoms with E-state index in [1.165, 1.54) is 6.92 Å². The largest absolute Gasteiger partial charge is 0.465 e. The Balaban J connectivity index is 2.53. The molecule has 0 radical (unpaired) electrons. The van der Waals surface area contributed by atoms with Crippen molar-refractivity contribution in [1.29, 1.82) is 0 Å². The zero-order valence-corrected chi connectivity index (χ0v) is 12.6. The van der Waals surface area contributed by atoms with Crippen LogP contribution in [0.4, 0.5) is 33.3 Å².